The topological polar surface area (TPSA) is 111 Å². The summed E-state index contributed by atoms with van der Waals surface area (Å²) in [5, 5.41) is 3.06. The molecular weight excluding hydrogens is 952 g/mol. The van der Waals surface area contributed by atoms with Gasteiger partial charge in [0.15, 0.2) is 0 Å². The van der Waals surface area contributed by atoms with Crippen LogP contribution in [0.15, 0.2) is 48.6 Å². The van der Waals surface area contributed by atoms with Gasteiger partial charge in [-0.25, -0.2) is 4.57 Å². The zero-order valence-electron chi connectivity index (χ0n) is 50.3. The molecule has 0 heterocycles. The molecule has 0 aromatic heterocycles. The highest BCUT2D eigenvalue weighted by Gasteiger charge is 2.30. The molecule has 75 heavy (non-hydrogen) atoms. The van der Waals surface area contributed by atoms with Crippen LogP contribution in [0.2, 0.25) is 0 Å². The van der Waals surface area contributed by atoms with Crippen LogP contribution in [0, 0.1) is 0 Å². The molecule has 0 aliphatic heterocycles. The Morgan fingerprint density at radius 2 is 0.813 bits per heavy atom. The highest BCUT2D eigenvalue weighted by Crippen LogP contribution is 2.43. The summed E-state index contributed by atoms with van der Waals surface area (Å²) in [6.07, 6.45) is 68.2. The summed E-state index contributed by atoms with van der Waals surface area (Å²) in [6.45, 7) is 7.00. The Morgan fingerprint density at radius 1 is 0.467 bits per heavy atom. The molecule has 0 saturated carbocycles. The summed E-state index contributed by atoms with van der Waals surface area (Å²) >= 11 is 0. The van der Waals surface area contributed by atoms with Gasteiger partial charge in [0.25, 0.3) is 0 Å². The van der Waals surface area contributed by atoms with Crippen molar-refractivity contribution in [1.29, 1.82) is 0 Å². The van der Waals surface area contributed by atoms with E-state index >= 15 is 0 Å². The predicted octanol–water partition coefficient (Wildman–Crippen LogP) is 19.7. The van der Waals surface area contributed by atoms with E-state index in [1.54, 1.807) is 0 Å². The van der Waals surface area contributed by atoms with Crippen LogP contribution in [0.5, 0.6) is 0 Å². The molecule has 0 fully saturated rings. The maximum absolute atomic E-state index is 13.5. The summed E-state index contributed by atoms with van der Waals surface area (Å²) in [7, 11) is 1.50. The molecule has 2 N–H and O–H groups in total. The first-order chi connectivity index (χ1) is 36.4. The number of unbranched alkanes of at least 4 members (excludes halogenated alkanes) is 36. The molecular formula is C65H124N2O7P+. The van der Waals surface area contributed by atoms with Crippen molar-refractivity contribution in [3.05, 3.63) is 48.6 Å². The van der Waals surface area contributed by atoms with Crippen LogP contribution >= 0.6 is 7.82 Å². The molecule has 440 valence electrons. The second-order valence-corrected chi connectivity index (χ2v) is 24.4. The first-order valence-electron chi connectivity index (χ1n) is 32.0. The lowest BCUT2D eigenvalue weighted by Crippen LogP contribution is -2.47. The Hall–Kier alpha value is -2.03. The Kier molecular flexibility index (Phi) is 53.8. The van der Waals surface area contributed by atoms with Gasteiger partial charge < -0.3 is 19.4 Å². The number of phosphoric ester groups is 1. The Bertz CT molecular complexity index is 1420. The van der Waals surface area contributed by atoms with Crippen molar-refractivity contribution < 1.29 is 37.3 Å². The van der Waals surface area contributed by atoms with Gasteiger partial charge in [0.2, 0.25) is 5.91 Å². The van der Waals surface area contributed by atoms with Crippen molar-refractivity contribution in [2.45, 2.75) is 315 Å². The summed E-state index contributed by atoms with van der Waals surface area (Å²) in [4.78, 5) is 37.7. The number of rotatable bonds is 58. The number of allylic oxidation sites excluding steroid dienone is 7. The number of carbonyl (C=O) groups excluding carboxylic acids is 2. The van der Waals surface area contributed by atoms with Crippen molar-refractivity contribution in [3.63, 3.8) is 0 Å². The Morgan fingerprint density at radius 3 is 1.24 bits per heavy atom. The maximum atomic E-state index is 13.5. The van der Waals surface area contributed by atoms with Gasteiger partial charge in [-0.1, -0.05) is 250 Å². The number of esters is 1. The van der Waals surface area contributed by atoms with E-state index in [9.17, 15) is 19.0 Å². The number of quaternary nitrogens is 1. The SMILES string of the molecule is CCCCC/C=C\C/C=C\CCCCCCCCCCCC(=O)OC(/C=C/CCCCCCCCCCC)C(COP(=O)(O)OCC[N+](C)(C)C)NC(=O)CCCCCCCCCCC/C=C/CCCCCCCC. The van der Waals surface area contributed by atoms with Gasteiger partial charge in [-0.15, -0.1) is 0 Å². The standard InChI is InChI=1S/C65H123N2O7P/c1-7-10-13-16-19-22-25-27-29-31-33-35-37-39-42-45-48-51-54-57-64(68)66-62(61-73-75(70,71)72-60-59-67(4,5)6)63(56-53-50-47-44-41-24-21-18-15-12-9-3)74-65(69)58-55-52-49-46-43-40-38-36-34-32-30-28-26-23-20-17-14-11-8-2/h20,23,27-30,53,56,62-63H,7-19,21-22,24-26,31-52,54-55,57-61H2,1-6H3,(H-,66,68,70,71)/p+1/b23-20-,29-27+,30-28-,56-53+. The molecule has 1 amide bonds. The quantitative estimate of drug-likeness (QED) is 0.0205. The third-order valence-electron chi connectivity index (χ3n) is 14.2. The number of nitrogens with one attached hydrogen (secondary N) is 1. The van der Waals surface area contributed by atoms with Gasteiger partial charge >= 0.3 is 13.8 Å². The van der Waals surface area contributed by atoms with Crippen molar-refractivity contribution in [3.8, 4) is 0 Å². The summed E-state index contributed by atoms with van der Waals surface area (Å²) in [5.74, 6) is -0.504. The third kappa shape index (κ3) is 56.5. The van der Waals surface area contributed by atoms with Gasteiger partial charge in [-0.3, -0.25) is 18.6 Å². The Balaban J connectivity index is 5.18. The second-order valence-electron chi connectivity index (χ2n) is 22.9. The highest BCUT2D eigenvalue weighted by atomic mass is 31.2. The minimum atomic E-state index is -4.45. The summed E-state index contributed by atoms with van der Waals surface area (Å²) in [6, 6.07) is -0.850. The second kappa shape index (κ2) is 55.3. The first kappa shape index (κ1) is 73.0. The molecule has 0 rings (SSSR count). The number of amides is 1. The number of hydrogen-bond acceptors (Lipinski definition) is 6. The van der Waals surface area contributed by atoms with Crippen LogP contribution in [0.3, 0.4) is 0 Å². The molecule has 0 saturated heterocycles. The fraction of sp³-hybridized carbons (Fsp3) is 0.846. The van der Waals surface area contributed by atoms with Gasteiger partial charge in [-0.05, 0) is 89.5 Å². The maximum Gasteiger partial charge on any atom is 0.472 e. The smallest absolute Gasteiger partial charge is 0.456 e. The van der Waals surface area contributed by atoms with Gasteiger partial charge in [-0.2, -0.15) is 0 Å². The van der Waals surface area contributed by atoms with Gasteiger partial charge in [0.1, 0.15) is 19.3 Å². The summed E-state index contributed by atoms with van der Waals surface area (Å²) < 4.78 is 30.7. The van der Waals surface area contributed by atoms with Crippen molar-refractivity contribution >= 4 is 19.7 Å². The van der Waals surface area contributed by atoms with Crippen molar-refractivity contribution in [1.82, 2.24) is 5.32 Å². The number of likely N-dealkylation sites (N-methyl/N-ethyl adjacent to an activating group) is 1. The van der Waals surface area contributed by atoms with Crippen LogP contribution in [0.4, 0.5) is 0 Å². The fourth-order valence-electron chi connectivity index (χ4n) is 9.26. The molecule has 0 aromatic rings. The molecule has 3 atom stereocenters. The van der Waals surface area contributed by atoms with E-state index in [4.69, 9.17) is 13.8 Å². The average molecular weight is 1080 g/mol. The van der Waals surface area contributed by atoms with Crippen molar-refractivity contribution in [2.75, 3.05) is 40.9 Å². The predicted molar refractivity (Wildman–Crippen MR) is 323 cm³/mol. The molecule has 9 nitrogen and oxygen atoms in total. The molecule has 3 unspecified atom stereocenters. The molecule has 0 aliphatic rings. The molecule has 0 radical (unpaired) electrons. The van der Waals surface area contributed by atoms with E-state index in [2.05, 4.69) is 62.5 Å². The van der Waals surface area contributed by atoms with Crippen molar-refractivity contribution in [2.24, 2.45) is 0 Å². The number of nitrogens with zero attached hydrogens (tertiary/aromatic N) is 1. The van der Waals surface area contributed by atoms with E-state index in [0.29, 0.717) is 17.4 Å². The zero-order valence-corrected chi connectivity index (χ0v) is 51.2. The molecule has 10 heteroatoms. The fourth-order valence-corrected chi connectivity index (χ4v) is 10.00. The third-order valence-corrected chi connectivity index (χ3v) is 15.2. The van der Waals surface area contributed by atoms with E-state index in [-0.39, 0.29) is 31.5 Å². The van der Waals surface area contributed by atoms with Crippen LogP contribution in [0.25, 0.3) is 0 Å². The largest absolute Gasteiger partial charge is 0.472 e. The van der Waals surface area contributed by atoms with Gasteiger partial charge in [0, 0.05) is 12.8 Å². The molecule has 0 aliphatic carbocycles. The highest BCUT2D eigenvalue weighted by molar-refractivity contribution is 7.47. The monoisotopic (exact) mass is 1080 g/mol. The lowest BCUT2D eigenvalue weighted by atomic mass is 10.0. The zero-order chi connectivity index (χ0) is 55.0. The summed E-state index contributed by atoms with van der Waals surface area (Å²) in [5.41, 5.74) is 0. The van der Waals surface area contributed by atoms with Crippen LogP contribution in [-0.4, -0.2) is 74.3 Å². The normalized spacial score (nSPS) is 14.0. The van der Waals surface area contributed by atoms with E-state index < -0.39 is 20.0 Å². The number of hydrogen-bond donors (Lipinski definition) is 2. The number of carbonyl (C=O) groups is 2. The first-order valence-corrected chi connectivity index (χ1v) is 33.5. The number of phosphoric acid groups is 1. The minimum absolute atomic E-state index is 0.0396. The minimum Gasteiger partial charge on any atom is -0.456 e. The van der Waals surface area contributed by atoms with Gasteiger partial charge in [0.05, 0.1) is 33.8 Å². The Labute approximate surface area is 465 Å². The van der Waals surface area contributed by atoms with Crippen LogP contribution in [0.1, 0.15) is 303 Å². The van der Waals surface area contributed by atoms with E-state index in [1.807, 2.05) is 33.3 Å². The van der Waals surface area contributed by atoms with E-state index in [1.165, 1.54) is 205 Å². The van der Waals surface area contributed by atoms with Crippen LogP contribution < -0.4 is 5.32 Å². The van der Waals surface area contributed by atoms with E-state index in [0.717, 1.165) is 64.2 Å². The number of ether oxygens (including phenoxy) is 1. The molecule has 0 aromatic carbocycles. The lowest BCUT2D eigenvalue weighted by molar-refractivity contribution is -0.870. The molecule has 0 spiro atoms. The average Bonchev–Trinajstić information content (AvgIpc) is 3.37. The lowest BCUT2D eigenvalue weighted by Gasteiger charge is -2.27. The van der Waals surface area contributed by atoms with Crippen LogP contribution in [-0.2, 0) is 27.9 Å². The molecule has 0 bridgehead atoms.